The molecule has 0 saturated carbocycles. The van der Waals surface area contributed by atoms with Gasteiger partial charge in [-0.15, -0.1) is 0 Å². The van der Waals surface area contributed by atoms with Crippen LogP contribution in [0.3, 0.4) is 0 Å². The van der Waals surface area contributed by atoms with Gasteiger partial charge in [0.1, 0.15) is 5.57 Å². The van der Waals surface area contributed by atoms with Crippen molar-refractivity contribution in [2.45, 2.75) is 0 Å². The van der Waals surface area contributed by atoms with Crippen LogP contribution in [-0.2, 0) is 9.59 Å². The number of rotatable bonds is 4. The average Bonchev–Trinajstić information content (AvgIpc) is 2.91. The number of carbonyl (C=O) groups excluding carboxylic acids is 2. The lowest BCUT2D eigenvalue weighted by Gasteiger charge is -2.14. The van der Waals surface area contributed by atoms with Gasteiger partial charge in [-0.05, 0) is 35.9 Å². The molecule has 0 atom stereocenters. The standard InChI is InChI=1S/C18H12BrN3O4/c19-13-7-9-14(10-8-13)21-18(24)16(17(23)20-21)6-2-4-12-3-1-5-15(11-12)22(25)26/h1-11H,(H,20,23)/b4-2+,16-6+. The highest BCUT2D eigenvalue weighted by atomic mass is 79.9. The Kier molecular flexibility index (Phi) is 4.94. The third-order valence-electron chi connectivity index (χ3n) is 3.61. The van der Waals surface area contributed by atoms with Crippen LogP contribution in [0.4, 0.5) is 11.4 Å². The largest absolute Gasteiger partial charge is 0.282 e. The van der Waals surface area contributed by atoms with E-state index in [0.29, 0.717) is 11.3 Å². The summed E-state index contributed by atoms with van der Waals surface area (Å²) in [6.45, 7) is 0. The van der Waals surface area contributed by atoms with Gasteiger partial charge in [0, 0.05) is 16.6 Å². The molecule has 1 N–H and O–H groups in total. The summed E-state index contributed by atoms with van der Waals surface area (Å²) in [5.74, 6) is -0.984. The van der Waals surface area contributed by atoms with E-state index in [2.05, 4.69) is 21.4 Å². The SMILES string of the molecule is O=C1NN(c2ccc(Br)cc2)C(=O)/C1=C/C=C/c1cccc([N+](=O)[O-])c1. The quantitative estimate of drug-likeness (QED) is 0.359. The summed E-state index contributed by atoms with van der Waals surface area (Å²) in [6, 6.07) is 13.0. The van der Waals surface area contributed by atoms with Crippen molar-refractivity contribution in [2.24, 2.45) is 0 Å². The number of nitrogens with one attached hydrogen (secondary N) is 1. The van der Waals surface area contributed by atoms with Crippen LogP contribution in [0.25, 0.3) is 6.08 Å². The number of hydrogen-bond donors (Lipinski definition) is 1. The van der Waals surface area contributed by atoms with Crippen molar-refractivity contribution in [2.75, 3.05) is 5.01 Å². The highest BCUT2D eigenvalue weighted by molar-refractivity contribution is 9.10. The molecule has 1 fully saturated rings. The first kappa shape index (κ1) is 17.6. The lowest BCUT2D eigenvalue weighted by Crippen LogP contribution is -2.35. The van der Waals surface area contributed by atoms with E-state index in [9.17, 15) is 19.7 Å². The molecule has 0 spiro atoms. The van der Waals surface area contributed by atoms with Crippen molar-refractivity contribution in [1.82, 2.24) is 5.43 Å². The van der Waals surface area contributed by atoms with Crippen molar-refractivity contribution in [1.29, 1.82) is 0 Å². The van der Waals surface area contributed by atoms with Crippen molar-refractivity contribution in [3.63, 3.8) is 0 Å². The summed E-state index contributed by atoms with van der Waals surface area (Å²) >= 11 is 3.31. The second-order valence-corrected chi connectivity index (χ2v) is 6.27. The van der Waals surface area contributed by atoms with Crippen molar-refractivity contribution < 1.29 is 14.5 Å². The van der Waals surface area contributed by atoms with E-state index >= 15 is 0 Å². The molecule has 7 nitrogen and oxygen atoms in total. The van der Waals surface area contributed by atoms with Crippen LogP contribution in [-0.4, -0.2) is 16.7 Å². The molecule has 1 saturated heterocycles. The minimum atomic E-state index is -0.512. The Morgan fingerprint density at radius 2 is 1.85 bits per heavy atom. The number of non-ortho nitro benzene ring substituents is 1. The first-order chi connectivity index (χ1) is 12.5. The summed E-state index contributed by atoms with van der Waals surface area (Å²) in [6.07, 6.45) is 4.48. The fraction of sp³-hybridized carbons (Fsp3) is 0. The van der Waals surface area contributed by atoms with Crippen LogP contribution in [0.2, 0.25) is 0 Å². The number of nitro groups is 1. The predicted octanol–water partition coefficient (Wildman–Crippen LogP) is 3.37. The molecular weight excluding hydrogens is 402 g/mol. The van der Waals surface area contributed by atoms with Gasteiger partial charge in [-0.2, -0.15) is 0 Å². The maximum absolute atomic E-state index is 12.4. The van der Waals surface area contributed by atoms with Gasteiger partial charge in [0.05, 0.1) is 10.6 Å². The zero-order valence-electron chi connectivity index (χ0n) is 13.3. The van der Waals surface area contributed by atoms with Crippen molar-refractivity contribution in [3.8, 4) is 0 Å². The number of hydrazine groups is 1. The number of nitro benzene ring substituents is 1. The third kappa shape index (κ3) is 3.70. The molecule has 2 aromatic carbocycles. The summed E-state index contributed by atoms with van der Waals surface area (Å²) < 4.78 is 0.856. The number of amides is 2. The molecule has 3 rings (SSSR count). The number of anilines is 1. The van der Waals surface area contributed by atoms with Crippen LogP contribution in [0.15, 0.2) is 70.7 Å². The van der Waals surface area contributed by atoms with Crippen LogP contribution < -0.4 is 10.4 Å². The summed E-state index contributed by atoms with van der Waals surface area (Å²) in [7, 11) is 0. The summed E-state index contributed by atoms with van der Waals surface area (Å²) in [5.41, 5.74) is 3.58. The fourth-order valence-electron chi connectivity index (χ4n) is 2.35. The van der Waals surface area contributed by atoms with E-state index in [0.717, 1.165) is 4.47 Å². The zero-order valence-corrected chi connectivity index (χ0v) is 14.8. The lowest BCUT2D eigenvalue weighted by atomic mass is 10.1. The molecule has 130 valence electrons. The van der Waals surface area contributed by atoms with E-state index in [-0.39, 0.29) is 11.3 Å². The molecule has 1 aliphatic heterocycles. The van der Waals surface area contributed by atoms with Gasteiger partial charge < -0.3 is 0 Å². The Bertz CT molecular complexity index is 951. The smallest absolute Gasteiger partial charge is 0.267 e. The predicted molar refractivity (Wildman–Crippen MR) is 100.0 cm³/mol. The summed E-state index contributed by atoms with van der Waals surface area (Å²) in [4.78, 5) is 34.8. The first-order valence-corrected chi connectivity index (χ1v) is 8.29. The maximum Gasteiger partial charge on any atom is 0.282 e. The number of benzene rings is 2. The first-order valence-electron chi connectivity index (χ1n) is 7.49. The highest BCUT2D eigenvalue weighted by Gasteiger charge is 2.33. The van der Waals surface area contributed by atoms with Gasteiger partial charge >= 0.3 is 0 Å². The maximum atomic E-state index is 12.4. The second kappa shape index (κ2) is 7.32. The second-order valence-electron chi connectivity index (χ2n) is 5.35. The van der Waals surface area contributed by atoms with Crippen LogP contribution in [0.5, 0.6) is 0 Å². The Morgan fingerprint density at radius 1 is 1.12 bits per heavy atom. The van der Waals surface area contributed by atoms with E-state index in [4.69, 9.17) is 0 Å². The molecule has 8 heteroatoms. The molecule has 2 aromatic rings. The average molecular weight is 414 g/mol. The Hall–Kier alpha value is -3.26. The van der Waals surface area contributed by atoms with Crippen LogP contribution >= 0.6 is 15.9 Å². The molecule has 0 radical (unpaired) electrons. The number of allylic oxidation sites excluding steroid dienone is 2. The van der Waals surface area contributed by atoms with Crippen molar-refractivity contribution in [3.05, 3.63) is 86.4 Å². The minimum absolute atomic E-state index is 0.0189. The number of halogens is 1. The van der Waals surface area contributed by atoms with Gasteiger partial charge in [0.15, 0.2) is 0 Å². The third-order valence-corrected chi connectivity index (χ3v) is 4.14. The van der Waals surface area contributed by atoms with Gasteiger partial charge in [-0.1, -0.05) is 40.2 Å². The van der Waals surface area contributed by atoms with E-state index in [1.165, 1.54) is 29.3 Å². The Labute approximate surface area is 156 Å². The fourth-order valence-corrected chi connectivity index (χ4v) is 2.61. The normalized spacial score (nSPS) is 15.7. The molecule has 26 heavy (non-hydrogen) atoms. The summed E-state index contributed by atoms with van der Waals surface area (Å²) in [5, 5.41) is 11.9. The number of hydrogen-bond acceptors (Lipinski definition) is 4. The zero-order chi connectivity index (χ0) is 18.7. The lowest BCUT2D eigenvalue weighted by molar-refractivity contribution is -0.384. The molecular formula is C18H12BrN3O4. The van der Waals surface area contributed by atoms with Crippen LogP contribution in [0.1, 0.15) is 5.56 Å². The molecule has 1 heterocycles. The molecule has 0 aromatic heterocycles. The van der Waals surface area contributed by atoms with Gasteiger partial charge in [-0.25, -0.2) is 5.01 Å². The highest BCUT2D eigenvalue weighted by Crippen LogP contribution is 2.22. The van der Waals surface area contributed by atoms with E-state index < -0.39 is 16.7 Å². The monoisotopic (exact) mass is 413 g/mol. The van der Waals surface area contributed by atoms with Crippen molar-refractivity contribution >= 4 is 45.2 Å². The topological polar surface area (TPSA) is 92.6 Å². The Morgan fingerprint density at radius 3 is 2.54 bits per heavy atom. The molecule has 0 bridgehead atoms. The van der Waals surface area contributed by atoms with Crippen LogP contribution in [0, 0.1) is 10.1 Å². The van der Waals surface area contributed by atoms with E-state index in [1.54, 1.807) is 42.5 Å². The number of carbonyl (C=O) groups is 2. The molecule has 0 unspecified atom stereocenters. The van der Waals surface area contributed by atoms with Gasteiger partial charge in [0.2, 0.25) is 0 Å². The molecule has 1 aliphatic rings. The van der Waals surface area contributed by atoms with Gasteiger partial charge in [-0.3, -0.25) is 25.1 Å². The molecule has 2 amide bonds. The van der Waals surface area contributed by atoms with Gasteiger partial charge in [0.25, 0.3) is 17.5 Å². The Balaban J connectivity index is 1.79. The number of nitrogens with zero attached hydrogens (tertiary/aromatic N) is 2. The minimum Gasteiger partial charge on any atom is -0.267 e. The van der Waals surface area contributed by atoms with E-state index in [1.807, 2.05) is 0 Å². The molecule has 0 aliphatic carbocycles.